The average molecular weight is 408 g/mol. The largest absolute Gasteiger partial charge is 0.416 e. The van der Waals surface area contributed by atoms with E-state index in [9.17, 15) is 18.0 Å². The highest BCUT2D eigenvalue weighted by Gasteiger charge is 2.31. The number of hydrogen-bond donors (Lipinski definition) is 0. The van der Waals surface area contributed by atoms with E-state index in [1.165, 1.54) is 12.1 Å². The van der Waals surface area contributed by atoms with Crippen LogP contribution in [0.3, 0.4) is 0 Å². The Morgan fingerprint density at radius 2 is 1.76 bits per heavy atom. The molecule has 0 radical (unpaired) electrons. The van der Waals surface area contributed by atoms with E-state index >= 15 is 0 Å². The highest BCUT2D eigenvalue weighted by Crippen LogP contribution is 2.30. The normalized spacial score (nSPS) is 16.3. The molecule has 0 unspecified atom stereocenters. The van der Waals surface area contributed by atoms with E-state index in [2.05, 4.69) is 10.00 Å². The molecule has 1 aromatic carbocycles. The van der Waals surface area contributed by atoms with Crippen molar-refractivity contribution in [3.63, 3.8) is 0 Å². The molecule has 0 N–H and O–H groups in total. The second-order valence-electron chi connectivity index (χ2n) is 8.49. The molecule has 1 aliphatic heterocycles. The molecule has 0 bridgehead atoms. The zero-order chi connectivity index (χ0) is 21.4. The van der Waals surface area contributed by atoms with Crippen LogP contribution in [0, 0.1) is 6.92 Å². The first kappa shape index (κ1) is 21.4. The van der Waals surface area contributed by atoms with Gasteiger partial charge in [-0.25, -0.2) is 0 Å². The second kappa shape index (κ2) is 7.82. The Kier molecular flexibility index (Phi) is 5.76. The van der Waals surface area contributed by atoms with E-state index < -0.39 is 11.7 Å². The van der Waals surface area contributed by atoms with Crippen LogP contribution in [-0.4, -0.2) is 51.7 Å². The maximum absolute atomic E-state index is 12.9. The van der Waals surface area contributed by atoms with Crippen LogP contribution in [0.4, 0.5) is 13.2 Å². The topological polar surface area (TPSA) is 41.4 Å². The van der Waals surface area contributed by atoms with Gasteiger partial charge in [0.25, 0.3) is 5.91 Å². The Hall–Kier alpha value is -2.35. The lowest BCUT2D eigenvalue weighted by Gasteiger charge is -2.35. The molecule has 8 heteroatoms. The van der Waals surface area contributed by atoms with Gasteiger partial charge in [0.1, 0.15) is 0 Å². The van der Waals surface area contributed by atoms with Gasteiger partial charge < -0.3 is 4.90 Å². The van der Waals surface area contributed by atoms with Gasteiger partial charge in [-0.3, -0.25) is 14.4 Å². The summed E-state index contributed by atoms with van der Waals surface area (Å²) in [6.07, 6.45) is -2.71. The van der Waals surface area contributed by atoms with Crippen LogP contribution >= 0.6 is 0 Å². The number of carbonyl (C=O) groups excluding carboxylic acids is 1. The minimum atomic E-state index is -4.34. The maximum atomic E-state index is 12.9. The number of rotatable bonds is 3. The zero-order valence-electron chi connectivity index (χ0n) is 17.3. The summed E-state index contributed by atoms with van der Waals surface area (Å²) in [6.45, 7) is 10.8. The van der Waals surface area contributed by atoms with Gasteiger partial charge in [0.05, 0.1) is 22.9 Å². The van der Waals surface area contributed by atoms with E-state index in [4.69, 9.17) is 0 Å². The molecule has 1 saturated heterocycles. The zero-order valence-corrected chi connectivity index (χ0v) is 17.3. The Bertz CT molecular complexity index is 875. The first-order valence-electron chi connectivity index (χ1n) is 9.69. The van der Waals surface area contributed by atoms with Crippen LogP contribution in [0.15, 0.2) is 30.5 Å². The summed E-state index contributed by atoms with van der Waals surface area (Å²) >= 11 is 0. The molecule has 3 rings (SSSR count). The van der Waals surface area contributed by atoms with Crippen molar-refractivity contribution in [1.82, 2.24) is 19.6 Å². The van der Waals surface area contributed by atoms with Crippen molar-refractivity contribution < 1.29 is 18.0 Å². The summed E-state index contributed by atoms with van der Waals surface area (Å²) < 4.78 is 40.5. The molecule has 0 saturated carbocycles. The van der Waals surface area contributed by atoms with Crippen molar-refractivity contribution in [2.45, 2.75) is 46.0 Å². The van der Waals surface area contributed by atoms with Gasteiger partial charge in [0, 0.05) is 38.4 Å². The molecule has 0 atom stereocenters. The molecule has 1 fully saturated rings. The van der Waals surface area contributed by atoms with E-state index in [1.807, 2.05) is 32.4 Å². The van der Waals surface area contributed by atoms with Crippen molar-refractivity contribution in [1.29, 1.82) is 0 Å². The van der Waals surface area contributed by atoms with Gasteiger partial charge in [-0.2, -0.15) is 18.3 Å². The van der Waals surface area contributed by atoms with E-state index in [0.717, 1.165) is 11.8 Å². The van der Waals surface area contributed by atoms with Crippen LogP contribution in [0.2, 0.25) is 0 Å². The SMILES string of the molecule is Cc1c(C(=O)N2CCN(Cc3cccc(C(F)(F)F)c3)CC2)cnn1C(C)(C)C. The number of nitrogens with zero attached hydrogens (tertiary/aromatic N) is 4. The number of amides is 1. The van der Waals surface area contributed by atoms with E-state index in [-0.39, 0.29) is 11.4 Å². The van der Waals surface area contributed by atoms with Gasteiger partial charge in [-0.1, -0.05) is 18.2 Å². The Labute approximate surface area is 169 Å². The third-order valence-corrected chi connectivity index (χ3v) is 5.20. The van der Waals surface area contributed by atoms with Crippen molar-refractivity contribution >= 4 is 5.91 Å². The van der Waals surface area contributed by atoms with Gasteiger partial charge in [-0.05, 0) is 39.3 Å². The number of halogens is 3. The first-order chi connectivity index (χ1) is 13.5. The van der Waals surface area contributed by atoms with Gasteiger partial charge >= 0.3 is 6.18 Å². The molecule has 0 aliphatic carbocycles. The fourth-order valence-electron chi connectivity index (χ4n) is 3.68. The summed E-state index contributed by atoms with van der Waals surface area (Å²) in [5.74, 6) is -0.0447. The number of piperazine rings is 1. The van der Waals surface area contributed by atoms with Crippen molar-refractivity contribution in [3.8, 4) is 0 Å². The van der Waals surface area contributed by atoms with Crippen molar-refractivity contribution in [2.75, 3.05) is 26.2 Å². The first-order valence-corrected chi connectivity index (χ1v) is 9.69. The summed E-state index contributed by atoms with van der Waals surface area (Å²) in [5, 5.41) is 4.37. The van der Waals surface area contributed by atoms with E-state index in [1.54, 1.807) is 17.2 Å². The minimum absolute atomic E-state index is 0.0447. The van der Waals surface area contributed by atoms with Gasteiger partial charge in [-0.15, -0.1) is 0 Å². The predicted molar refractivity (Wildman–Crippen MR) is 105 cm³/mol. The lowest BCUT2D eigenvalue weighted by atomic mass is 10.1. The van der Waals surface area contributed by atoms with Crippen LogP contribution < -0.4 is 0 Å². The second-order valence-corrected chi connectivity index (χ2v) is 8.49. The molecule has 5 nitrogen and oxygen atoms in total. The van der Waals surface area contributed by atoms with Gasteiger partial charge in [0.2, 0.25) is 0 Å². The summed E-state index contributed by atoms with van der Waals surface area (Å²) in [4.78, 5) is 16.8. The average Bonchev–Trinajstić information content (AvgIpc) is 3.03. The molecule has 1 aromatic heterocycles. The monoisotopic (exact) mass is 408 g/mol. The lowest BCUT2D eigenvalue weighted by Crippen LogP contribution is -2.48. The van der Waals surface area contributed by atoms with Crippen LogP contribution in [0.5, 0.6) is 0 Å². The highest BCUT2D eigenvalue weighted by molar-refractivity contribution is 5.95. The Morgan fingerprint density at radius 1 is 1.10 bits per heavy atom. The quantitative estimate of drug-likeness (QED) is 0.773. The highest BCUT2D eigenvalue weighted by atomic mass is 19.4. The summed E-state index contributed by atoms with van der Waals surface area (Å²) in [7, 11) is 0. The standard InChI is InChI=1S/C21H27F3N4O/c1-15-18(13-25-28(15)20(2,3)4)19(29)27-10-8-26(9-11-27)14-16-6-5-7-17(12-16)21(22,23)24/h5-7,12-13H,8-11,14H2,1-4H3. The minimum Gasteiger partial charge on any atom is -0.336 e. The smallest absolute Gasteiger partial charge is 0.336 e. The number of aromatic nitrogens is 2. The molecule has 29 heavy (non-hydrogen) atoms. The van der Waals surface area contributed by atoms with Crippen molar-refractivity contribution in [2.24, 2.45) is 0 Å². The fourth-order valence-corrected chi connectivity index (χ4v) is 3.68. The Balaban J connectivity index is 1.61. The molecule has 1 amide bonds. The van der Waals surface area contributed by atoms with Crippen molar-refractivity contribution in [3.05, 3.63) is 52.8 Å². The predicted octanol–water partition coefficient (Wildman–Crippen LogP) is 3.92. The fraction of sp³-hybridized carbons (Fsp3) is 0.524. The number of carbonyl (C=O) groups is 1. The molecule has 2 aromatic rings. The summed E-state index contributed by atoms with van der Waals surface area (Å²) in [6, 6.07) is 5.42. The third kappa shape index (κ3) is 4.80. The molecule has 158 valence electrons. The molecule has 2 heterocycles. The number of benzene rings is 1. The number of hydrogen-bond acceptors (Lipinski definition) is 3. The molecule has 1 aliphatic rings. The van der Waals surface area contributed by atoms with Gasteiger partial charge in [0.15, 0.2) is 0 Å². The van der Waals surface area contributed by atoms with Crippen LogP contribution in [0.25, 0.3) is 0 Å². The van der Waals surface area contributed by atoms with Crippen LogP contribution in [-0.2, 0) is 18.3 Å². The lowest BCUT2D eigenvalue weighted by molar-refractivity contribution is -0.137. The van der Waals surface area contributed by atoms with Crippen LogP contribution in [0.1, 0.15) is 48.0 Å². The molecular formula is C21H27F3N4O. The molecule has 0 spiro atoms. The Morgan fingerprint density at radius 3 is 2.31 bits per heavy atom. The number of alkyl halides is 3. The maximum Gasteiger partial charge on any atom is 0.416 e. The van der Waals surface area contributed by atoms with E-state index in [0.29, 0.717) is 43.9 Å². The summed E-state index contributed by atoms with van der Waals surface area (Å²) in [5.41, 5.74) is 1.24. The molecular weight excluding hydrogens is 381 g/mol. The third-order valence-electron chi connectivity index (χ3n) is 5.20.